The van der Waals surface area contributed by atoms with Crippen LogP contribution in [-0.4, -0.2) is 54.8 Å². The van der Waals surface area contributed by atoms with E-state index in [1.54, 1.807) is 28.7 Å². The highest BCUT2D eigenvalue weighted by Gasteiger charge is 2.29. The molecule has 32 heavy (non-hydrogen) atoms. The molecule has 0 aliphatic carbocycles. The van der Waals surface area contributed by atoms with Crippen LogP contribution in [0.2, 0.25) is 0 Å². The van der Waals surface area contributed by atoms with Crippen LogP contribution in [0.4, 0.5) is 10.9 Å². The standard InChI is InChI=1S/C22H25N5O3S2/c28-21(25-22-23-9-13-31-22)17-4-3-10-26(15-17)20-8-5-16-14-18(6-7-19(16)24-20)32(29,30)27-11-1-2-12-27/h5-9,13-14,17H,1-4,10-12,15H2,(H,23,25,28). The van der Waals surface area contributed by atoms with Crippen LogP contribution in [0.15, 0.2) is 46.8 Å². The maximum absolute atomic E-state index is 12.9. The van der Waals surface area contributed by atoms with Gasteiger partial charge in [0.2, 0.25) is 15.9 Å². The Balaban J connectivity index is 1.33. The molecule has 1 amide bonds. The molecule has 1 atom stereocenters. The summed E-state index contributed by atoms with van der Waals surface area (Å²) in [5.74, 6) is 0.666. The van der Waals surface area contributed by atoms with Crippen molar-refractivity contribution >= 4 is 49.1 Å². The molecule has 2 aliphatic rings. The maximum atomic E-state index is 12.9. The number of pyridine rings is 1. The Kier molecular flexibility index (Phi) is 5.83. The number of rotatable bonds is 5. The number of hydrogen-bond donors (Lipinski definition) is 1. The molecular weight excluding hydrogens is 446 g/mol. The monoisotopic (exact) mass is 471 g/mol. The van der Waals surface area contributed by atoms with Crippen molar-refractivity contribution in [2.24, 2.45) is 5.92 Å². The summed E-state index contributed by atoms with van der Waals surface area (Å²) >= 11 is 1.41. The Labute approximate surface area is 191 Å². The normalized spacial score (nSPS) is 20.0. The van der Waals surface area contributed by atoms with Gasteiger partial charge >= 0.3 is 0 Å². The second-order valence-corrected chi connectivity index (χ2v) is 11.1. The summed E-state index contributed by atoms with van der Waals surface area (Å²) in [5, 5.41) is 6.15. The molecule has 2 aliphatic heterocycles. The number of thiazole rings is 1. The molecule has 0 saturated carbocycles. The van der Waals surface area contributed by atoms with E-state index in [2.05, 4.69) is 15.2 Å². The fourth-order valence-electron chi connectivity index (χ4n) is 4.40. The van der Waals surface area contributed by atoms with E-state index in [-0.39, 0.29) is 11.8 Å². The molecule has 0 spiro atoms. The molecule has 10 heteroatoms. The molecule has 168 valence electrons. The number of sulfonamides is 1. The zero-order valence-corrected chi connectivity index (χ0v) is 19.2. The Morgan fingerprint density at radius 3 is 2.72 bits per heavy atom. The third-order valence-electron chi connectivity index (χ3n) is 6.13. The van der Waals surface area contributed by atoms with Gasteiger partial charge in [-0.05, 0) is 56.0 Å². The number of fused-ring (bicyclic) bond motifs is 1. The summed E-state index contributed by atoms with van der Waals surface area (Å²) in [4.78, 5) is 24.0. The van der Waals surface area contributed by atoms with Crippen LogP contribution in [-0.2, 0) is 14.8 Å². The number of nitrogens with one attached hydrogen (secondary N) is 1. The summed E-state index contributed by atoms with van der Waals surface area (Å²) in [7, 11) is -3.45. The third-order valence-corrected chi connectivity index (χ3v) is 8.71. The van der Waals surface area contributed by atoms with E-state index >= 15 is 0 Å². The Bertz CT molecular complexity index is 1220. The Hall–Kier alpha value is -2.56. The van der Waals surface area contributed by atoms with E-state index in [4.69, 9.17) is 4.98 Å². The van der Waals surface area contributed by atoms with E-state index < -0.39 is 10.0 Å². The predicted octanol–water partition coefficient (Wildman–Crippen LogP) is 3.33. The average molecular weight is 472 g/mol. The summed E-state index contributed by atoms with van der Waals surface area (Å²) in [5.41, 5.74) is 0.747. The Morgan fingerprint density at radius 1 is 1.09 bits per heavy atom. The minimum Gasteiger partial charge on any atom is -0.356 e. The van der Waals surface area contributed by atoms with Gasteiger partial charge in [-0.2, -0.15) is 4.31 Å². The summed E-state index contributed by atoms with van der Waals surface area (Å²) in [6, 6.07) is 8.96. The quantitative estimate of drug-likeness (QED) is 0.613. The van der Waals surface area contributed by atoms with Crippen LogP contribution in [0.25, 0.3) is 10.9 Å². The fourth-order valence-corrected chi connectivity index (χ4v) is 6.48. The van der Waals surface area contributed by atoms with E-state index in [0.717, 1.165) is 48.9 Å². The van der Waals surface area contributed by atoms with Crippen LogP contribution in [0, 0.1) is 5.92 Å². The lowest BCUT2D eigenvalue weighted by Crippen LogP contribution is -2.41. The number of aromatic nitrogens is 2. The van der Waals surface area contributed by atoms with Gasteiger partial charge in [-0.1, -0.05) is 0 Å². The van der Waals surface area contributed by atoms with E-state index in [1.807, 2.05) is 17.5 Å². The third kappa shape index (κ3) is 4.22. The van der Waals surface area contributed by atoms with E-state index in [1.165, 1.54) is 11.3 Å². The van der Waals surface area contributed by atoms with E-state index in [0.29, 0.717) is 29.7 Å². The average Bonchev–Trinajstić information content (AvgIpc) is 3.53. The largest absolute Gasteiger partial charge is 0.356 e. The number of anilines is 2. The second kappa shape index (κ2) is 8.76. The first-order chi connectivity index (χ1) is 15.5. The molecule has 8 nitrogen and oxygen atoms in total. The SMILES string of the molecule is O=C(Nc1nccs1)C1CCCN(c2ccc3cc(S(=O)(=O)N4CCCC4)ccc3n2)C1. The van der Waals surface area contributed by atoms with Crippen molar-refractivity contribution in [2.45, 2.75) is 30.6 Å². The molecule has 0 radical (unpaired) electrons. The molecule has 2 saturated heterocycles. The zero-order valence-electron chi connectivity index (χ0n) is 17.6. The van der Waals surface area contributed by atoms with Gasteiger partial charge in [0.15, 0.2) is 5.13 Å². The lowest BCUT2D eigenvalue weighted by molar-refractivity contribution is -0.120. The summed E-state index contributed by atoms with van der Waals surface area (Å²) < 4.78 is 27.3. The topological polar surface area (TPSA) is 95.5 Å². The van der Waals surface area contributed by atoms with Crippen LogP contribution < -0.4 is 10.2 Å². The van der Waals surface area contributed by atoms with Crippen LogP contribution in [0.5, 0.6) is 0 Å². The van der Waals surface area contributed by atoms with Crippen molar-refractivity contribution in [2.75, 3.05) is 36.4 Å². The molecule has 2 fully saturated rings. The molecule has 3 aromatic rings. The number of piperidine rings is 1. The Morgan fingerprint density at radius 2 is 1.94 bits per heavy atom. The van der Waals surface area contributed by atoms with Gasteiger partial charge in [0, 0.05) is 43.1 Å². The lowest BCUT2D eigenvalue weighted by atomic mass is 9.97. The molecular formula is C22H25N5O3S2. The molecule has 0 bridgehead atoms. The van der Waals surface area contributed by atoms with Crippen molar-refractivity contribution in [3.63, 3.8) is 0 Å². The molecule has 4 heterocycles. The first-order valence-electron chi connectivity index (χ1n) is 10.9. The number of hydrogen-bond acceptors (Lipinski definition) is 7. The minimum absolute atomic E-state index is 0.0119. The van der Waals surface area contributed by atoms with E-state index in [9.17, 15) is 13.2 Å². The predicted molar refractivity (Wildman–Crippen MR) is 125 cm³/mol. The first kappa shape index (κ1) is 21.3. The van der Waals surface area contributed by atoms with Crippen molar-refractivity contribution in [3.05, 3.63) is 41.9 Å². The van der Waals surface area contributed by atoms with Crippen LogP contribution in [0.1, 0.15) is 25.7 Å². The van der Waals surface area contributed by atoms with Crippen LogP contribution in [0.3, 0.4) is 0 Å². The van der Waals surface area contributed by atoms with Crippen LogP contribution >= 0.6 is 11.3 Å². The number of benzene rings is 1. The first-order valence-corrected chi connectivity index (χ1v) is 13.2. The number of nitrogens with zero attached hydrogens (tertiary/aromatic N) is 4. The highest BCUT2D eigenvalue weighted by molar-refractivity contribution is 7.89. The molecule has 5 rings (SSSR count). The number of carbonyl (C=O) groups is 1. The highest BCUT2D eigenvalue weighted by Crippen LogP contribution is 2.28. The van der Waals surface area contributed by atoms with Crippen molar-refractivity contribution in [1.82, 2.24) is 14.3 Å². The highest BCUT2D eigenvalue weighted by atomic mass is 32.2. The minimum atomic E-state index is -3.45. The van der Waals surface area contributed by atoms with Gasteiger partial charge in [-0.15, -0.1) is 11.3 Å². The van der Waals surface area contributed by atoms with Gasteiger partial charge < -0.3 is 10.2 Å². The molecule has 2 aromatic heterocycles. The van der Waals surface area contributed by atoms with Gasteiger partial charge in [0.1, 0.15) is 5.82 Å². The molecule has 1 aromatic carbocycles. The smallest absolute Gasteiger partial charge is 0.243 e. The maximum Gasteiger partial charge on any atom is 0.243 e. The number of carbonyl (C=O) groups excluding carboxylic acids is 1. The number of amides is 1. The van der Waals surface area contributed by atoms with Gasteiger partial charge in [0.25, 0.3) is 0 Å². The fraction of sp³-hybridized carbons (Fsp3) is 0.409. The van der Waals surface area contributed by atoms with Gasteiger partial charge in [0.05, 0.1) is 16.3 Å². The summed E-state index contributed by atoms with van der Waals surface area (Å²) in [6.45, 7) is 2.60. The molecule has 1 N–H and O–H groups in total. The lowest BCUT2D eigenvalue weighted by Gasteiger charge is -2.32. The summed E-state index contributed by atoms with van der Waals surface area (Å²) in [6.07, 6.45) is 5.24. The van der Waals surface area contributed by atoms with Gasteiger partial charge in [-0.25, -0.2) is 18.4 Å². The second-order valence-electron chi connectivity index (χ2n) is 8.25. The molecule has 1 unspecified atom stereocenters. The van der Waals surface area contributed by atoms with Crippen molar-refractivity contribution in [3.8, 4) is 0 Å². The van der Waals surface area contributed by atoms with Gasteiger partial charge in [-0.3, -0.25) is 4.79 Å². The zero-order chi connectivity index (χ0) is 22.1. The van der Waals surface area contributed by atoms with Crippen molar-refractivity contribution in [1.29, 1.82) is 0 Å². The van der Waals surface area contributed by atoms with Crippen molar-refractivity contribution < 1.29 is 13.2 Å².